The molecule has 3 heteroatoms. The Kier molecular flexibility index (Phi) is 3.43. The first-order valence-corrected chi connectivity index (χ1v) is 8.53. The fraction of sp³-hybridized carbons (Fsp3) is 0.526. The zero-order valence-electron chi connectivity index (χ0n) is 13.6. The summed E-state index contributed by atoms with van der Waals surface area (Å²) in [6.07, 6.45) is 4.09. The van der Waals surface area contributed by atoms with Crippen LogP contribution in [-0.4, -0.2) is 46.5 Å². The lowest BCUT2D eigenvalue weighted by atomic mass is 9.63. The minimum absolute atomic E-state index is 0.486. The van der Waals surface area contributed by atoms with E-state index in [0.29, 0.717) is 11.6 Å². The Morgan fingerprint density at radius 2 is 2.09 bits per heavy atom. The van der Waals surface area contributed by atoms with Gasteiger partial charge in [-0.1, -0.05) is 31.2 Å². The zero-order chi connectivity index (χ0) is 15.2. The van der Waals surface area contributed by atoms with E-state index in [9.17, 15) is 0 Å². The van der Waals surface area contributed by atoms with E-state index in [2.05, 4.69) is 60.2 Å². The van der Waals surface area contributed by atoms with Crippen molar-refractivity contribution in [3.8, 4) is 0 Å². The third-order valence-electron chi connectivity index (χ3n) is 5.90. The lowest BCUT2D eigenvalue weighted by Crippen LogP contribution is -2.74. The highest BCUT2D eigenvalue weighted by Crippen LogP contribution is 2.49. The summed E-state index contributed by atoms with van der Waals surface area (Å²) < 4.78 is 0. The van der Waals surface area contributed by atoms with Crippen LogP contribution in [0.3, 0.4) is 0 Å². The lowest BCUT2D eigenvalue weighted by Gasteiger charge is -2.65. The maximum atomic E-state index is 4.83. The minimum atomic E-state index is 0.486. The summed E-state index contributed by atoms with van der Waals surface area (Å²) in [5, 5.41) is 1.23. The summed E-state index contributed by atoms with van der Waals surface area (Å²) in [6.45, 7) is 5.73. The molecule has 3 nitrogen and oxygen atoms in total. The number of hydrogen-bond acceptors (Lipinski definition) is 3. The van der Waals surface area contributed by atoms with Crippen molar-refractivity contribution in [2.45, 2.75) is 44.3 Å². The normalized spacial score (nSPS) is 28.0. The van der Waals surface area contributed by atoms with Gasteiger partial charge < -0.3 is 0 Å². The van der Waals surface area contributed by atoms with E-state index in [0.717, 1.165) is 12.1 Å². The molecule has 2 fully saturated rings. The smallest absolute Gasteiger partial charge is 0.0705 e. The molecule has 2 aromatic rings. The fourth-order valence-corrected chi connectivity index (χ4v) is 4.49. The molecule has 2 heterocycles. The Hall–Kier alpha value is -1.45. The summed E-state index contributed by atoms with van der Waals surface area (Å²) in [5.41, 5.74) is 2.78. The van der Waals surface area contributed by atoms with E-state index in [1.807, 2.05) is 0 Å². The molecule has 1 aliphatic heterocycles. The van der Waals surface area contributed by atoms with E-state index in [4.69, 9.17) is 4.98 Å². The van der Waals surface area contributed by atoms with Gasteiger partial charge in [-0.05, 0) is 45.0 Å². The average molecular weight is 295 g/mol. The lowest BCUT2D eigenvalue weighted by molar-refractivity contribution is -0.133. The molecule has 1 aromatic carbocycles. The zero-order valence-corrected chi connectivity index (χ0v) is 13.6. The first-order chi connectivity index (χ1) is 10.7. The Morgan fingerprint density at radius 1 is 1.23 bits per heavy atom. The summed E-state index contributed by atoms with van der Waals surface area (Å²) in [5.74, 6) is 0. The molecule has 116 valence electrons. The summed E-state index contributed by atoms with van der Waals surface area (Å²) in [7, 11) is 2.27. The van der Waals surface area contributed by atoms with Crippen molar-refractivity contribution in [2.75, 3.05) is 20.1 Å². The molecule has 1 spiro atoms. The number of fused-ring (bicyclic) bond motifs is 1. The summed E-state index contributed by atoms with van der Waals surface area (Å²) >= 11 is 0. The number of rotatable bonds is 4. The van der Waals surface area contributed by atoms with E-state index < -0.39 is 0 Å². The van der Waals surface area contributed by atoms with Crippen molar-refractivity contribution in [2.24, 2.45) is 0 Å². The molecule has 0 bridgehead atoms. The van der Waals surface area contributed by atoms with Gasteiger partial charge in [-0.25, -0.2) is 0 Å². The van der Waals surface area contributed by atoms with Crippen LogP contribution in [0.2, 0.25) is 0 Å². The highest BCUT2D eigenvalue weighted by Gasteiger charge is 2.56. The van der Waals surface area contributed by atoms with Crippen LogP contribution in [0.4, 0.5) is 0 Å². The third-order valence-corrected chi connectivity index (χ3v) is 5.90. The van der Waals surface area contributed by atoms with Crippen LogP contribution >= 0.6 is 0 Å². The molecule has 0 radical (unpaired) electrons. The average Bonchev–Trinajstić information content (AvgIpc) is 2.45. The number of pyridine rings is 1. The predicted octanol–water partition coefficient (Wildman–Crippen LogP) is 3.29. The van der Waals surface area contributed by atoms with E-state index in [-0.39, 0.29) is 0 Å². The van der Waals surface area contributed by atoms with Crippen LogP contribution in [0, 0.1) is 0 Å². The standard InChI is InChI=1S/C19H25N3/c1-3-22-13-12-19(22)11-10-18(19)21(2)14-16-9-8-15-6-4-5-7-17(15)20-16/h4-9,18H,3,10-14H2,1-2H3. The summed E-state index contributed by atoms with van der Waals surface area (Å²) in [6, 6.07) is 13.5. The molecule has 1 saturated carbocycles. The highest BCUT2D eigenvalue weighted by molar-refractivity contribution is 5.78. The highest BCUT2D eigenvalue weighted by atomic mass is 15.3. The topological polar surface area (TPSA) is 19.4 Å². The predicted molar refractivity (Wildman–Crippen MR) is 90.8 cm³/mol. The largest absolute Gasteiger partial charge is 0.296 e. The molecule has 22 heavy (non-hydrogen) atoms. The van der Waals surface area contributed by atoms with Gasteiger partial charge in [0.15, 0.2) is 0 Å². The van der Waals surface area contributed by atoms with Crippen molar-refractivity contribution < 1.29 is 0 Å². The number of benzene rings is 1. The molecule has 0 N–H and O–H groups in total. The molecule has 2 aliphatic rings. The number of likely N-dealkylation sites (tertiary alicyclic amines) is 1. The monoisotopic (exact) mass is 295 g/mol. The third kappa shape index (κ3) is 2.07. The number of aromatic nitrogens is 1. The molecule has 2 unspecified atom stereocenters. The van der Waals surface area contributed by atoms with Crippen molar-refractivity contribution in [1.82, 2.24) is 14.8 Å². The van der Waals surface area contributed by atoms with Crippen LogP contribution < -0.4 is 0 Å². The molecule has 4 rings (SSSR count). The number of likely N-dealkylation sites (N-methyl/N-ethyl adjacent to an activating group) is 2. The van der Waals surface area contributed by atoms with Gasteiger partial charge in [0, 0.05) is 30.1 Å². The molecule has 1 saturated heterocycles. The minimum Gasteiger partial charge on any atom is -0.296 e. The van der Waals surface area contributed by atoms with Crippen molar-refractivity contribution in [1.29, 1.82) is 0 Å². The van der Waals surface area contributed by atoms with Gasteiger partial charge in [0.2, 0.25) is 0 Å². The molecular formula is C19H25N3. The quantitative estimate of drug-likeness (QED) is 0.863. The van der Waals surface area contributed by atoms with Gasteiger partial charge >= 0.3 is 0 Å². The van der Waals surface area contributed by atoms with Crippen molar-refractivity contribution in [3.63, 3.8) is 0 Å². The van der Waals surface area contributed by atoms with Gasteiger partial charge in [0.05, 0.1) is 11.2 Å². The fourth-order valence-electron chi connectivity index (χ4n) is 4.49. The van der Waals surface area contributed by atoms with Gasteiger partial charge in [-0.2, -0.15) is 0 Å². The van der Waals surface area contributed by atoms with E-state index in [1.165, 1.54) is 43.4 Å². The van der Waals surface area contributed by atoms with Crippen molar-refractivity contribution >= 4 is 10.9 Å². The molecule has 1 aliphatic carbocycles. The second-order valence-electron chi connectivity index (χ2n) is 6.90. The van der Waals surface area contributed by atoms with Crippen molar-refractivity contribution in [3.05, 3.63) is 42.1 Å². The maximum absolute atomic E-state index is 4.83. The van der Waals surface area contributed by atoms with Gasteiger partial charge in [0.25, 0.3) is 0 Å². The van der Waals surface area contributed by atoms with Crippen LogP contribution in [-0.2, 0) is 6.54 Å². The molecule has 1 aromatic heterocycles. The van der Waals surface area contributed by atoms with Crippen LogP contribution in [0.5, 0.6) is 0 Å². The molecular weight excluding hydrogens is 270 g/mol. The Labute approximate surface area is 132 Å². The van der Waals surface area contributed by atoms with Gasteiger partial charge in [-0.15, -0.1) is 0 Å². The second-order valence-corrected chi connectivity index (χ2v) is 6.90. The van der Waals surface area contributed by atoms with Crippen LogP contribution in [0.25, 0.3) is 10.9 Å². The Bertz CT molecular complexity index is 677. The number of para-hydroxylation sites is 1. The van der Waals surface area contributed by atoms with E-state index in [1.54, 1.807) is 0 Å². The summed E-state index contributed by atoms with van der Waals surface area (Å²) in [4.78, 5) is 10.0. The first kappa shape index (κ1) is 14.2. The SMILES string of the molecule is CCN1CCC12CCC2N(C)Cc1ccc2ccccc2n1. The first-order valence-electron chi connectivity index (χ1n) is 8.53. The van der Waals surface area contributed by atoms with E-state index >= 15 is 0 Å². The second kappa shape index (κ2) is 5.32. The van der Waals surface area contributed by atoms with Gasteiger partial charge in [0.1, 0.15) is 0 Å². The van der Waals surface area contributed by atoms with Crippen LogP contribution in [0.15, 0.2) is 36.4 Å². The maximum Gasteiger partial charge on any atom is 0.0705 e. The Morgan fingerprint density at radius 3 is 2.77 bits per heavy atom. The van der Waals surface area contributed by atoms with Gasteiger partial charge in [-0.3, -0.25) is 14.8 Å². The van der Waals surface area contributed by atoms with Crippen LogP contribution in [0.1, 0.15) is 31.9 Å². The number of hydrogen-bond donors (Lipinski definition) is 0. The number of nitrogens with zero attached hydrogens (tertiary/aromatic N) is 3. The Balaban J connectivity index is 1.50. The molecule has 2 atom stereocenters. The molecule has 0 amide bonds.